The number of nitro groups is 1. The topological polar surface area (TPSA) is 82.9 Å². The van der Waals surface area contributed by atoms with Gasteiger partial charge >= 0.3 is 5.69 Å². The van der Waals surface area contributed by atoms with Crippen LogP contribution in [0.3, 0.4) is 0 Å². The van der Waals surface area contributed by atoms with Crippen LogP contribution in [0, 0.1) is 10.1 Å². The van der Waals surface area contributed by atoms with Crippen LogP contribution in [-0.4, -0.2) is 31.3 Å². The van der Waals surface area contributed by atoms with Gasteiger partial charge in [0.15, 0.2) is 17.2 Å². The standard InChI is InChI=1S/C18H20N2O5/c1-3-24-15-8-5-7-14(17(15)20(21)22)19-13-10-12-6-4-9-16(23-2)18(12)25-11-13/h4-9,13,19H,3,10-11H2,1-2H3. The van der Waals surface area contributed by atoms with Gasteiger partial charge in [-0.2, -0.15) is 0 Å². The monoisotopic (exact) mass is 344 g/mol. The van der Waals surface area contributed by atoms with Crippen LogP contribution in [0.25, 0.3) is 0 Å². The molecular weight excluding hydrogens is 324 g/mol. The van der Waals surface area contributed by atoms with Gasteiger partial charge in [-0.15, -0.1) is 0 Å². The summed E-state index contributed by atoms with van der Waals surface area (Å²) in [4.78, 5) is 11.1. The highest BCUT2D eigenvalue weighted by molar-refractivity contribution is 5.69. The molecule has 1 heterocycles. The number of hydrogen-bond acceptors (Lipinski definition) is 6. The Morgan fingerprint density at radius 1 is 1.28 bits per heavy atom. The number of benzene rings is 2. The quantitative estimate of drug-likeness (QED) is 0.639. The van der Waals surface area contributed by atoms with Gasteiger partial charge in [-0.3, -0.25) is 10.1 Å². The van der Waals surface area contributed by atoms with Crippen molar-refractivity contribution in [1.82, 2.24) is 0 Å². The van der Waals surface area contributed by atoms with Gasteiger partial charge in [0, 0.05) is 5.56 Å². The first-order valence-corrected chi connectivity index (χ1v) is 8.09. The van der Waals surface area contributed by atoms with Gasteiger partial charge in [0.05, 0.1) is 24.7 Å². The van der Waals surface area contributed by atoms with Crippen LogP contribution in [0.5, 0.6) is 17.2 Å². The highest BCUT2D eigenvalue weighted by Crippen LogP contribution is 2.38. The van der Waals surface area contributed by atoms with Gasteiger partial charge in [0.2, 0.25) is 0 Å². The molecule has 2 aromatic rings. The Kier molecular flexibility index (Phi) is 4.92. The Hall–Kier alpha value is -2.96. The van der Waals surface area contributed by atoms with E-state index in [0.29, 0.717) is 31.1 Å². The maximum atomic E-state index is 11.5. The Labute approximate surface area is 145 Å². The number of methoxy groups -OCH3 is 1. The second-order valence-electron chi connectivity index (χ2n) is 5.65. The molecule has 0 aromatic heterocycles. The van der Waals surface area contributed by atoms with Crippen LogP contribution in [0.4, 0.5) is 11.4 Å². The molecule has 0 amide bonds. The van der Waals surface area contributed by atoms with Gasteiger partial charge in [-0.25, -0.2) is 0 Å². The fourth-order valence-corrected chi connectivity index (χ4v) is 2.97. The number of nitrogens with one attached hydrogen (secondary N) is 1. The minimum absolute atomic E-state index is 0.0548. The highest BCUT2D eigenvalue weighted by Gasteiger charge is 2.27. The highest BCUT2D eigenvalue weighted by atomic mass is 16.6. The maximum absolute atomic E-state index is 11.5. The SMILES string of the molecule is CCOc1cccc(NC2COc3c(cccc3OC)C2)c1[N+](=O)[O-]. The number of rotatable bonds is 6. The fraction of sp³-hybridized carbons (Fsp3) is 0.333. The van der Waals surface area contributed by atoms with Gasteiger partial charge in [-0.05, 0) is 31.5 Å². The molecule has 132 valence electrons. The molecule has 2 aromatic carbocycles. The number of ether oxygens (including phenoxy) is 3. The van der Waals surface area contributed by atoms with Crippen molar-refractivity contribution in [3.63, 3.8) is 0 Å². The van der Waals surface area contributed by atoms with Crippen LogP contribution in [-0.2, 0) is 6.42 Å². The van der Waals surface area contributed by atoms with Crippen LogP contribution in [0.15, 0.2) is 36.4 Å². The molecule has 7 heteroatoms. The zero-order valence-electron chi connectivity index (χ0n) is 14.2. The molecule has 0 spiro atoms. The lowest BCUT2D eigenvalue weighted by Gasteiger charge is -2.27. The zero-order chi connectivity index (χ0) is 17.8. The fourth-order valence-electron chi connectivity index (χ4n) is 2.97. The number of fused-ring (bicyclic) bond motifs is 1. The molecule has 0 saturated carbocycles. The second-order valence-corrected chi connectivity index (χ2v) is 5.65. The average Bonchev–Trinajstić information content (AvgIpc) is 2.61. The van der Waals surface area contributed by atoms with Crippen molar-refractivity contribution < 1.29 is 19.1 Å². The van der Waals surface area contributed by atoms with Gasteiger partial charge < -0.3 is 19.5 Å². The molecular formula is C18H20N2O5. The molecule has 0 fully saturated rings. The number of nitrogens with zero attached hydrogens (tertiary/aromatic N) is 1. The number of para-hydroxylation sites is 2. The van der Waals surface area contributed by atoms with E-state index in [9.17, 15) is 10.1 Å². The summed E-state index contributed by atoms with van der Waals surface area (Å²) in [6, 6.07) is 10.7. The molecule has 0 aliphatic carbocycles. The zero-order valence-corrected chi connectivity index (χ0v) is 14.2. The molecule has 0 bridgehead atoms. The third-order valence-corrected chi connectivity index (χ3v) is 4.02. The van der Waals surface area contributed by atoms with E-state index in [1.165, 1.54) is 0 Å². The van der Waals surface area contributed by atoms with Gasteiger partial charge in [-0.1, -0.05) is 18.2 Å². The van der Waals surface area contributed by atoms with E-state index < -0.39 is 4.92 Å². The molecule has 0 radical (unpaired) electrons. The lowest BCUT2D eigenvalue weighted by molar-refractivity contribution is -0.385. The molecule has 0 saturated heterocycles. The van der Waals surface area contributed by atoms with Crippen LogP contribution >= 0.6 is 0 Å². The predicted octanol–water partition coefficient (Wildman–Crippen LogP) is 3.42. The molecule has 25 heavy (non-hydrogen) atoms. The summed E-state index contributed by atoms with van der Waals surface area (Å²) in [6.45, 7) is 2.55. The average molecular weight is 344 g/mol. The van der Waals surface area contributed by atoms with Crippen molar-refractivity contribution in [3.8, 4) is 17.2 Å². The van der Waals surface area contributed by atoms with Crippen molar-refractivity contribution in [1.29, 1.82) is 0 Å². The molecule has 1 atom stereocenters. The third-order valence-electron chi connectivity index (χ3n) is 4.02. The van der Waals surface area contributed by atoms with E-state index in [4.69, 9.17) is 14.2 Å². The van der Waals surface area contributed by atoms with Gasteiger partial charge in [0.1, 0.15) is 12.3 Å². The van der Waals surface area contributed by atoms with E-state index in [1.807, 2.05) is 18.2 Å². The molecule has 1 aliphatic rings. The Morgan fingerprint density at radius 3 is 2.76 bits per heavy atom. The summed E-state index contributed by atoms with van der Waals surface area (Å²) in [5.74, 6) is 1.69. The van der Waals surface area contributed by atoms with Crippen molar-refractivity contribution in [3.05, 3.63) is 52.1 Å². The molecule has 1 N–H and O–H groups in total. The number of anilines is 1. The summed E-state index contributed by atoms with van der Waals surface area (Å²) in [5, 5.41) is 14.7. The minimum atomic E-state index is -0.423. The Bertz CT molecular complexity index is 778. The second kappa shape index (κ2) is 7.29. The lowest BCUT2D eigenvalue weighted by Crippen LogP contribution is -2.33. The maximum Gasteiger partial charge on any atom is 0.333 e. The minimum Gasteiger partial charge on any atom is -0.493 e. The summed E-state index contributed by atoms with van der Waals surface area (Å²) < 4.78 is 16.5. The van der Waals surface area contributed by atoms with E-state index >= 15 is 0 Å². The van der Waals surface area contributed by atoms with Crippen LogP contribution < -0.4 is 19.5 Å². The third kappa shape index (κ3) is 3.45. The Balaban J connectivity index is 1.84. The van der Waals surface area contributed by atoms with Crippen LogP contribution in [0.1, 0.15) is 12.5 Å². The first-order valence-electron chi connectivity index (χ1n) is 8.09. The van der Waals surface area contributed by atoms with E-state index in [0.717, 1.165) is 11.3 Å². The molecule has 7 nitrogen and oxygen atoms in total. The van der Waals surface area contributed by atoms with Crippen molar-refractivity contribution in [2.75, 3.05) is 25.6 Å². The van der Waals surface area contributed by atoms with E-state index in [1.54, 1.807) is 32.2 Å². The van der Waals surface area contributed by atoms with Crippen LogP contribution in [0.2, 0.25) is 0 Å². The first kappa shape index (κ1) is 16.9. The van der Waals surface area contributed by atoms with Gasteiger partial charge in [0.25, 0.3) is 0 Å². The summed E-state index contributed by atoms with van der Waals surface area (Å²) >= 11 is 0. The summed E-state index contributed by atoms with van der Waals surface area (Å²) in [6.07, 6.45) is 0.683. The number of nitro benzene ring substituents is 1. The smallest absolute Gasteiger partial charge is 0.333 e. The molecule has 1 aliphatic heterocycles. The molecule has 3 rings (SSSR count). The predicted molar refractivity (Wildman–Crippen MR) is 93.9 cm³/mol. The first-order chi connectivity index (χ1) is 12.1. The largest absolute Gasteiger partial charge is 0.493 e. The van der Waals surface area contributed by atoms with Crippen molar-refractivity contribution in [2.24, 2.45) is 0 Å². The van der Waals surface area contributed by atoms with Crippen molar-refractivity contribution in [2.45, 2.75) is 19.4 Å². The summed E-state index contributed by atoms with van der Waals surface area (Å²) in [5.41, 5.74) is 1.38. The Morgan fingerprint density at radius 2 is 2.04 bits per heavy atom. The summed E-state index contributed by atoms with van der Waals surface area (Å²) in [7, 11) is 1.60. The van der Waals surface area contributed by atoms with Crippen molar-refractivity contribution >= 4 is 11.4 Å². The van der Waals surface area contributed by atoms with E-state index in [2.05, 4.69) is 5.32 Å². The lowest BCUT2D eigenvalue weighted by atomic mass is 10.0. The number of hydrogen-bond donors (Lipinski definition) is 1. The molecule has 1 unspecified atom stereocenters. The normalized spacial score (nSPS) is 15.7. The van der Waals surface area contributed by atoms with E-state index in [-0.39, 0.29) is 17.5 Å².